The van der Waals surface area contributed by atoms with Gasteiger partial charge in [-0.15, -0.1) is 22.7 Å². The van der Waals surface area contributed by atoms with E-state index in [1.165, 1.54) is 14.6 Å². The van der Waals surface area contributed by atoms with E-state index >= 15 is 0 Å². The van der Waals surface area contributed by atoms with Crippen molar-refractivity contribution in [2.75, 3.05) is 26.2 Å². The summed E-state index contributed by atoms with van der Waals surface area (Å²) in [6.07, 6.45) is 2.29. The van der Waals surface area contributed by atoms with Crippen LogP contribution in [0.2, 0.25) is 0 Å². The van der Waals surface area contributed by atoms with Crippen LogP contribution in [0.15, 0.2) is 41.8 Å². The Kier molecular flexibility index (Phi) is 5.86. The highest BCUT2D eigenvalue weighted by molar-refractivity contribution is 7.18. The highest BCUT2D eigenvalue weighted by Crippen LogP contribution is 2.32. The molecule has 1 aliphatic rings. The minimum atomic E-state index is 0.232. The number of para-hydroxylation sites is 1. The molecule has 1 aliphatic heterocycles. The van der Waals surface area contributed by atoms with E-state index in [9.17, 15) is 4.79 Å². The van der Waals surface area contributed by atoms with Crippen LogP contribution in [0.4, 0.5) is 0 Å². The van der Waals surface area contributed by atoms with Crippen molar-refractivity contribution in [1.82, 2.24) is 14.8 Å². The summed E-state index contributed by atoms with van der Waals surface area (Å²) < 4.78 is 1.26. The van der Waals surface area contributed by atoms with E-state index in [1.54, 1.807) is 22.7 Å². The number of carbonyl (C=O) groups is 1. The van der Waals surface area contributed by atoms with Crippen molar-refractivity contribution in [3.05, 3.63) is 51.7 Å². The highest BCUT2D eigenvalue weighted by atomic mass is 32.1. The smallest absolute Gasteiger partial charge is 0.237 e. The molecule has 0 bridgehead atoms. The standard InChI is InChI=1S/C21H25N3OS2/c1-2-24(14-17-8-6-12-26-17)20(25)15-23-11-5-7-16(13-23)21-22-18-9-3-4-10-19(18)27-21/h3-4,6,8-10,12,16H,2,5,7,11,13-15H2,1H3/t16-/m0/s1. The topological polar surface area (TPSA) is 36.4 Å². The number of likely N-dealkylation sites (N-methyl/N-ethyl adjacent to an activating group) is 1. The first kappa shape index (κ1) is 18.6. The second-order valence-electron chi connectivity index (χ2n) is 7.08. The third kappa shape index (κ3) is 4.39. The molecule has 0 N–H and O–H groups in total. The number of likely N-dealkylation sites (tertiary alicyclic amines) is 1. The molecule has 0 unspecified atom stereocenters. The van der Waals surface area contributed by atoms with Gasteiger partial charge in [0.15, 0.2) is 0 Å². The van der Waals surface area contributed by atoms with E-state index in [0.717, 1.165) is 44.5 Å². The van der Waals surface area contributed by atoms with Gasteiger partial charge in [0.25, 0.3) is 0 Å². The number of fused-ring (bicyclic) bond motifs is 1. The molecule has 6 heteroatoms. The van der Waals surface area contributed by atoms with Crippen LogP contribution in [-0.4, -0.2) is 46.9 Å². The molecule has 3 heterocycles. The lowest BCUT2D eigenvalue weighted by atomic mass is 9.98. The number of aromatic nitrogens is 1. The molecule has 4 rings (SSSR count). The monoisotopic (exact) mass is 399 g/mol. The lowest BCUT2D eigenvalue weighted by Crippen LogP contribution is -2.43. The van der Waals surface area contributed by atoms with Crippen molar-refractivity contribution in [3.8, 4) is 0 Å². The fourth-order valence-electron chi connectivity index (χ4n) is 3.72. The first-order valence-electron chi connectivity index (χ1n) is 9.61. The average molecular weight is 400 g/mol. The van der Waals surface area contributed by atoms with E-state index < -0.39 is 0 Å². The number of amides is 1. The number of benzene rings is 1. The zero-order valence-corrected chi connectivity index (χ0v) is 17.3. The number of piperidine rings is 1. The molecule has 1 amide bonds. The van der Waals surface area contributed by atoms with Crippen LogP contribution in [0.5, 0.6) is 0 Å². The highest BCUT2D eigenvalue weighted by Gasteiger charge is 2.26. The number of rotatable bonds is 6. The van der Waals surface area contributed by atoms with Gasteiger partial charge in [-0.3, -0.25) is 9.69 Å². The van der Waals surface area contributed by atoms with Crippen LogP contribution in [0.25, 0.3) is 10.2 Å². The third-order valence-electron chi connectivity index (χ3n) is 5.19. The van der Waals surface area contributed by atoms with E-state index in [-0.39, 0.29) is 5.91 Å². The van der Waals surface area contributed by atoms with E-state index in [4.69, 9.17) is 4.98 Å². The zero-order valence-electron chi connectivity index (χ0n) is 15.6. The van der Waals surface area contributed by atoms with Gasteiger partial charge >= 0.3 is 0 Å². The molecule has 0 saturated carbocycles. The summed E-state index contributed by atoms with van der Waals surface area (Å²) in [5, 5.41) is 3.29. The summed E-state index contributed by atoms with van der Waals surface area (Å²) in [5.74, 6) is 0.673. The Hall–Kier alpha value is -1.76. The Bertz CT molecular complexity index is 857. The number of nitrogens with zero attached hydrogens (tertiary/aromatic N) is 3. The molecule has 2 aromatic heterocycles. The Balaban J connectivity index is 1.39. The third-order valence-corrected chi connectivity index (χ3v) is 7.25. The van der Waals surface area contributed by atoms with Crippen molar-refractivity contribution >= 4 is 38.8 Å². The van der Waals surface area contributed by atoms with Crippen molar-refractivity contribution < 1.29 is 4.79 Å². The van der Waals surface area contributed by atoms with Crippen molar-refractivity contribution in [2.45, 2.75) is 32.2 Å². The van der Waals surface area contributed by atoms with Crippen LogP contribution in [0, 0.1) is 0 Å². The molecule has 1 fully saturated rings. The predicted molar refractivity (Wildman–Crippen MR) is 113 cm³/mol. The Morgan fingerprint density at radius 2 is 2.19 bits per heavy atom. The normalized spacial score (nSPS) is 18.0. The lowest BCUT2D eigenvalue weighted by molar-refractivity contribution is -0.133. The van der Waals surface area contributed by atoms with E-state index in [0.29, 0.717) is 12.5 Å². The molecule has 1 aromatic carbocycles. The first-order valence-corrected chi connectivity index (χ1v) is 11.3. The Morgan fingerprint density at radius 1 is 1.30 bits per heavy atom. The number of thiophene rings is 1. The van der Waals surface area contributed by atoms with Crippen LogP contribution in [-0.2, 0) is 11.3 Å². The van der Waals surface area contributed by atoms with Gasteiger partial charge in [0, 0.05) is 23.9 Å². The van der Waals surface area contributed by atoms with Crippen molar-refractivity contribution in [3.63, 3.8) is 0 Å². The fraction of sp³-hybridized carbons (Fsp3) is 0.429. The molecule has 3 aromatic rings. The zero-order chi connectivity index (χ0) is 18.6. The molecule has 0 spiro atoms. The molecule has 1 saturated heterocycles. The Labute approximate surface area is 168 Å². The SMILES string of the molecule is CCN(Cc1cccs1)C(=O)CN1CCC[C@H](c2nc3ccccc3s2)C1. The van der Waals surface area contributed by atoms with Crippen LogP contribution in [0.1, 0.15) is 35.6 Å². The molecular formula is C21H25N3OS2. The maximum absolute atomic E-state index is 12.8. The molecular weight excluding hydrogens is 374 g/mol. The maximum Gasteiger partial charge on any atom is 0.237 e. The number of hydrogen-bond donors (Lipinski definition) is 0. The maximum atomic E-state index is 12.8. The summed E-state index contributed by atoms with van der Waals surface area (Å²) in [4.78, 5) is 23.2. The van der Waals surface area contributed by atoms with Gasteiger partial charge in [-0.25, -0.2) is 4.98 Å². The summed E-state index contributed by atoms with van der Waals surface area (Å²) in [6, 6.07) is 12.5. The first-order chi connectivity index (χ1) is 13.2. The fourth-order valence-corrected chi connectivity index (χ4v) is 5.54. The number of thiazole rings is 1. The Morgan fingerprint density at radius 3 is 2.96 bits per heavy atom. The molecule has 142 valence electrons. The van der Waals surface area contributed by atoms with Crippen LogP contribution >= 0.6 is 22.7 Å². The quantitative estimate of drug-likeness (QED) is 0.608. The van der Waals surface area contributed by atoms with Gasteiger partial charge in [0.2, 0.25) is 5.91 Å². The van der Waals surface area contributed by atoms with Gasteiger partial charge in [0.1, 0.15) is 0 Å². The summed E-state index contributed by atoms with van der Waals surface area (Å²) in [7, 11) is 0. The minimum Gasteiger partial charge on any atom is -0.337 e. The molecule has 27 heavy (non-hydrogen) atoms. The number of hydrogen-bond acceptors (Lipinski definition) is 5. The van der Waals surface area contributed by atoms with E-state index in [2.05, 4.69) is 41.5 Å². The minimum absolute atomic E-state index is 0.232. The predicted octanol–water partition coefficient (Wildman–Crippen LogP) is 4.59. The average Bonchev–Trinajstić information content (AvgIpc) is 3.35. The molecule has 0 aliphatic carbocycles. The van der Waals surface area contributed by atoms with Crippen molar-refractivity contribution in [2.24, 2.45) is 0 Å². The van der Waals surface area contributed by atoms with Gasteiger partial charge < -0.3 is 4.90 Å². The van der Waals surface area contributed by atoms with Gasteiger partial charge in [-0.2, -0.15) is 0 Å². The lowest BCUT2D eigenvalue weighted by Gasteiger charge is -2.32. The summed E-state index contributed by atoms with van der Waals surface area (Å²) in [5.41, 5.74) is 1.10. The van der Waals surface area contributed by atoms with Gasteiger partial charge in [0.05, 0.1) is 28.3 Å². The van der Waals surface area contributed by atoms with E-state index in [1.807, 2.05) is 17.0 Å². The molecule has 4 nitrogen and oxygen atoms in total. The largest absolute Gasteiger partial charge is 0.337 e. The second-order valence-corrected chi connectivity index (χ2v) is 9.18. The van der Waals surface area contributed by atoms with Gasteiger partial charge in [-0.1, -0.05) is 18.2 Å². The molecule has 1 atom stereocenters. The van der Waals surface area contributed by atoms with Gasteiger partial charge in [-0.05, 0) is 49.9 Å². The summed E-state index contributed by atoms with van der Waals surface area (Å²) >= 11 is 3.52. The number of carbonyl (C=O) groups excluding carboxylic acids is 1. The molecule has 0 radical (unpaired) electrons. The van der Waals surface area contributed by atoms with Crippen LogP contribution < -0.4 is 0 Å². The second kappa shape index (κ2) is 8.50. The summed E-state index contributed by atoms with van der Waals surface area (Å²) in [6.45, 7) is 5.99. The van der Waals surface area contributed by atoms with Crippen molar-refractivity contribution in [1.29, 1.82) is 0 Å². The van der Waals surface area contributed by atoms with Crippen LogP contribution in [0.3, 0.4) is 0 Å².